The Morgan fingerprint density at radius 3 is 1.00 bits per heavy atom. The van der Waals surface area contributed by atoms with Crippen molar-refractivity contribution in [1.29, 1.82) is 0 Å². The van der Waals surface area contributed by atoms with Gasteiger partial charge in [-0.05, 0) is 140 Å². The van der Waals surface area contributed by atoms with Gasteiger partial charge in [0.1, 0.15) is 0 Å². The topological polar surface area (TPSA) is 0 Å². The lowest BCUT2D eigenvalue weighted by molar-refractivity contribution is 1.23. The third-order valence-corrected chi connectivity index (χ3v) is 6.51. The van der Waals surface area contributed by atoms with Crippen molar-refractivity contribution in [2.75, 3.05) is 0 Å². The van der Waals surface area contributed by atoms with E-state index in [1.807, 2.05) is 0 Å². The van der Waals surface area contributed by atoms with Gasteiger partial charge in [0, 0.05) is 0 Å². The average molecular weight is 304 g/mol. The Bertz CT molecular complexity index is 907. The molecule has 0 saturated heterocycles. The lowest BCUT2D eigenvalue weighted by atomic mass is 9.83. The second-order valence-corrected chi connectivity index (χ2v) is 7.35. The van der Waals surface area contributed by atoms with Crippen LogP contribution in [0.4, 0.5) is 0 Å². The molecule has 0 nitrogen and oxygen atoms in total. The number of hydrogen-bond acceptors (Lipinski definition) is 0. The molecular weight excluding hydrogens is 276 g/mol. The van der Waals surface area contributed by atoms with Crippen LogP contribution < -0.4 is 0 Å². The van der Waals surface area contributed by atoms with Crippen LogP contribution in [0.1, 0.15) is 50.1 Å². The molecular formula is C23H28. The summed E-state index contributed by atoms with van der Waals surface area (Å²) in [6.07, 6.45) is 0. The van der Waals surface area contributed by atoms with Gasteiger partial charge in [-0.15, -0.1) is 0 Å². The number of rotatable bonds is 0. The number of hydrogen-bond donors (Lipinski definition) is 0. The molecule has 0 aliphatic rings. The van der Waals surface area contributed by atoms with Gasteiger partial charge in [-0.1, -0.05) is 0 Å². The molecule has 0 amide bonds. The average Bonchev–Trinajstić information content (AvgIpc) is 2.53. The molecule has 0 unspecified atom stereocenters. The van der Waals surface area contributed by atoms with Crippen LogP contribution in [0.3, 0.4) is 0 Å². The van der Waals surface area contributed by atoms with Gasteiger partial charge in [-0.2, -0.15) is 0 Å². The molecule has 0 spiro atoms. The van der Waals surface area contributed by atoms with Crippen LogP contribution in [0.25, 0.3) is 21.5 Å². The summed E-state index contributed by atoms with van der Waals surface area (Å²) in [6, 6.07) is 2.45. The first kappa shape index (κ1) is 16.1. The quantitative estimate of drug-likeness (QED) is 0.402. The molecule has 0 heterocycles. The van der Waals surface area contributed by atoms with Gasteiger partial charge < -0.3 is 0 Å². The highest BCUT2D eigenvalue weighted by Gasteiger charge is 2.17. The summed E-state index contributed by atoms with van der Waals surface area (Å²) in [4.78, 5) is 0. The third kappa shape index (κ3) is 1.97. The Labute approximate surface area is 140 Å². The van der Waals surface area contributed by atoms with E-state index in [1.165, 1.54) is 71.6 Å². The summed E-state index contributed by atoms with van der Waals surface area (Å²) in [5.74, 6) is 0. The van der Waals surface area contributed by atoms with Crippen molar-refractivity contribution in [3.05, 3.63) is 56.1 Å². The zero-order valence-electron chi connectivity index (χ0n) is 16.1. The highest BCUT2D eigenvalue weighted by Crippen LogP contribution is 2.39. The normalized spacial score (nSPS) is 11.7. The van der Waals surface area contributed by atoms with Crippen molar-refractivity contribution >= 4 is 21.5 Å². The first-order chi connectivity index (χ1) is 10.7. The smallest absolute Gasteiger partial charge is 0.0113 e. The minimum Gasteiger partial charge on any atom is -0.0459 e. The van der Waals surface area contributed by atoms with Gasteiger partial charge in [0.05, 0.1) is 0 Å². The molecule has 120 valence electrons. The summed E-state index contributed by atoms with van der Waals surface area (Å²) >= 11 is 0. The maximum atomic E-state index is 2.45. The molecule has 3 aromatic carbocycles. The fourth-order valence-electron chi connectivity index (χ4n) is 4.28. The molecule has 0 aliphatic carbocycles. The predicted molar refractivity (Wildman–Crippen MR) is 104 cm³/mol. The summed E-state index contributed by atoms with van der Waals surface area (Å²) in [5, 5.41) is 5.79. The van der Waals surface area contributed by atoms with Gasteiger partial charge in [0.15, 0.2) is 0 Å². The maximum absolute atomic E-state index is 2.45. The van der Waals surface area contributed by atoms with Gasteiger partial charge in [-0.3, -0.25) is 0 Å². The summed E-state index contributed by atoms with van der Waals surface area (Å²) < 4.78 is 0. The van der Waals surface area contributed by atoms with Crippen molar-refractivity contribution in [2.24, 2.45) is 0 Å². The molecule has 3 rings (SSSR count). The van der Waals surface area contributed by atoms with E-state index in [1.54, 1.807) is 0 Å². The SMILES string of the molecule is Cc1c(C)c(C)c2c(C)c3c(C)c(C)c(C)c(C)c3cc2c1C. The predicted octanol–water partition coefficient (Wildman–Crippen LogP) is 6.77. The van der Waals surface area contributed by atoms with E-state index in [-0.39, 0.29) is 0 Å². The fraction of sp³-hybridized carbons (Fsp3) is 0.391. The summed E-state index contributed by atoms with van der Waals surface area (Å²) in [5.41, 5.74) is 13.0. The van der Waals surface area contributed by atoms with Crippen LogP contribution >= 0.6 is 0 Å². The molecule has 0 bridgehead atoms. The minimum absolute atomic E-state index is 1.43. The molecule has 0 heteroatoms. The largest absolute Gasteiger partial charge is 0.0459 e. The van der Waals surface area contributed by atoms with E-state index in [0.717, 1.165) is 0 Å². The highest BCUT2D eigenvalue weighted by molar-refractivity contribution is 6.08. The lowest BCUT2D eigenvalue weighted by Gasteiger charge is -2.21. The van der Waals surface area contributed by atoms with Crippen molar-refractivity contribution in [3.8, 4) is 0 Å². The fourth-order valence-corrected chi connectivity index (χ4v) is 4.28. The molecule has 0 aliphatic heterocycles. The van der Waals surface area contributed by atoms with E-state index in [9.17, 15) is 0 Å². The Hall–Kier alpha value is -1.82. The number of benzene rings is 3. The maximum Gasteiger partial charge on any atom is -0.0113 e. The Morgan fingerprint density at radius 1 is 0.348 bits per heavy atom. The first-order valence-electron chi connectivity index (χ1n) is 8.58. The van der Waals surface area contributed by atoms with E-state index in [4.69, 9.17) is 0 Å². The lowest BCUT2D eigenvalue weighted by Crippen LogP contribution is -2.00. The molecule has 0 aromatic heterocycles. The minimum atomic E-state index is 1.43. The molecule has 23 heavy (non-hydrogen) atoms. The first-order valence-corrected chi connectivity index (χ1v) is 8.58. The van der Waals surface area contributed by atoms with Crippen LogP contribution in [0.15, 0.2) is 6.07 Å². The second kappa shape index (κ2) is 5.09. The third-order valence-electron chi connectivity index (χ3n) is 6.51. The van der Waals surface area contributed by atoms with E-state index in [0.29, 0.717) is 0 Å². The molecule has 0 saturated carbocycles. The summed E-state index contributed by atoms with van der Waals surface area (Å²) in [6.45, 7) is 20.5. The Balaban J connectivity index is 2.73. The van der Waals surface area contributed by atoms with Gasteiger partial charge >= 0.3 is 0 Å². The van der Waals surface area contributed by atoms with Gasteiger partial charge in [-0.25, -0.2) is 0 Å². The molecule has 0 N–H and O–H groups in total. The van der Waals surface area contributed by atoms with Crippen molar-refractivity contribution in [1.82, 2.24) is 0 Å². The molecule has 0 radical (unpaired) electrons. The van der Waals surface area contributed by atoms with E-state index in [2.05, 4.69) is 68.4 Å². The van der Waals surface area contributed by atoms with Crippen LogP contribution in [-0.2, 0) is 0 Å². The number of aryl methyl sites for hydroxylation is 5. The van der Waals surface area contributed by atoms with Gasteiger partial charge in [0.25, 0.3) is 0 Å². The van der Waals surface area contributed by atoms with Crippen molar-refractivity contribution in [3.63, 3.8) is 0 Å². The van der Waals surface area contributed by atoms with Crippen LogP contribution in [0, 0.1) is 62.3 Å². The van der Waals surface area contributed by atoms with Crippen molar-refractivity contribution < 1.29 is 0 Å². The van der Waals surface area contributed by atoms with Gasteiger partial charge in [0.2, 0.25) is 0 Å². The van der Waals surface area contributed by atoms with Crippen LogP contribution in [0.2, 0.25) is 0 Å². The summed E-state index contributed by atoms with van der Waals surface area (Å²) in [7, 11) is 0. The van der Waals surface area contributed by atoms with E-state index >= 15 is 0 Å². The molecule has 3 aromatic rings. The monoisotopic (exact) mass is 304 g/mol. The van der Waals surface area contributed by atoms with Crippen LogP contribution in [-0.4, -0.2) is 0 Å². The molecule has 0 fully saturated rings. The Kier molecular flexibility index (Phi) is 3.55. The van der Waals surface area contributed by atoms with Crippen LogP contribution in [0.5, 0.6) is 0 Å². The Morgan fingerprint density at radius 2 is 0.652 bits per heavy atom. The van der Waals surface area contributed by atoms with E-state index < -0.39 is 0 Å². The highest BCUT2D eigenvalue weighted by atomic mass is 14.2. The number of fused-ring (bicyclic) bond motifs is 2. The second-order valence-electron chi connectivity index (χ2n) is 7.35. The zero-order valence-corrected chi connectivity index (χ0v) is 16.1. The zero-order chi connectivity index (χ0) is 17.2. The van der Waals surface area contributed by atoms with Crippen molar-refractivity contribution in [2.45, 2.75) is 62.3 Å². The standard InChI is InChI=1S/C23H28/c1-11-13(3)17(7)22-19(9)23-18(8)14(4)12(2)16(6)21(23)10-20(22)15(11)5/h10H,1-9H3. The molecule has 0 atom stereocenters.